The number of aliphatic carboxylic acids is 1. The average Bonchev–Trinajstić information content (AvgIpc) is 2.15. The molecule has 2 atom stereocenters. The smallest absolute Gasteiger partial charge is 0.307 e. The van der Waals surface area contributed by atoms with E-state index in [-0.39, 0.29) is 5.92 Å². The topological polar surface area (TPSA) is 40.5 Å². The predicted molar refractivity (Wildman–Crippen MR) is 64.4 cm³/mol. The maximum absolute atomic E-state index is 10.8. The molecule has 0 bridgehead atoms. The Morgan fingerprint density at radius 3 is 2.47 bits per heavy atom. The molecule has 0 aromatic heterocycles. The summed E-state index contributed by atoms with van der Waals surface area (Å²) in [7, 11) is 0. The van der Waals surface area contributed by atoms with E-state index in [1.165, 1.54) is 0 Å². The summed E-state index contributed by atoms with van der Waals surface area (Å²) in [5, 5.41) is 9.25. The second-order valence-corrected chi connectivity index (χ2v) is 5.31. The zero-order valence-corrected chi connectivity index (χ0v) is 10.4. The van der Waals surface area contributed by atoms with Crippen molar-refractivity contribution < 1.29 is 9.90 Å². The normalized spacial score (nSPS) is 25.3. The minimum Gasteiger partial charge on any atom is -0.481 e. The molecule has 0 aliphatic heterocycles. The molecule has 15 heavy (non-hydrogen) atoms. The molecule has 0 spiro atoms. The molecule has 0 aromatic carbocycles. The van der Waals surface area contributed by atoms with Gasteiger partial charge in [0.15, 0.2) is 0 Å². The van der Waals surface area contributed by atoms with Crippen molar-refractivity contribution in [2.75, 3.05) is 25.4 Å². The highest BCUT2D eigenvalue weighted by Gasteiger charge is 2.36. The van der Waals surface area contributed by atoms with Crippen LogP contribution < -0.4 is 0 Å². The third kappa shape index (κ3) is 3.68. The van der Waals surface area contributed by atoms with E-state index in [4.69, 9.17) is 5.11 Å². The molecule has 1 aliphatic rings. The Hall–Kier alpha value is -0.220. The molecule has 1 fully saturated rings. The largest absolute Gasteiger partial charge is 0.481 e. The second-order valence-electron chi connectivity index (χ2n) is 3.96. The quantitative estimate of drug-likeness (QED) is 0.727. The van der Waals surface area contributed by atoms with Gasteiger partial charge in [0.2, 0.25) is 0 Å². The first-order valence-electron chi connectivity index (χ1n) is 5.75. The molecule has 0 aromatic rings. The summed E-state index contributed by atoms with van der Waals surface area (Å²) < 4.78 is 0. The zero-order valence-electron chi connectivity index (χ0n) is 9.61. The first-order valence-corrected chi connectivity index (χ1v) is 6.80. The summed E-state index contributed by atoms with van der Waals surface area (Å²) >= 11 is 1.84. The van der Waals surface area contributed by atoms with Crippen molar-refractivity contribution in [3.63, 3.8) is 0 Å². The van der Waals surface area contributed by atoms with Crippen molar-refractivity contribution in [1.82, 2.24) is 4.90 Å². The number of carbonyl (C=O) groups is 1. The van der Waals surface area contributed by atoms with Crippen LogP contribution in [0, 0.1) is 5.92 Å². The van der Waals surface area contributed by atoms with E-state index in [1.54, 1.807) is 0 Å². The van der Waals surface area contributed by atoms with Crippen LogP contribution in [-0.4, -0.2) is 46.6 Å². The molecular weight excluding hydrogens is 210 g/mol. The Bertz CT molecular complexity index is 207. The SMILES string of the molecule is CCN(CC)CCSC1CCC1C(=O)O. The molecule has 4 heteroatoms. The van der Waals surface area contributed by atoms with Crippen LogP contribution in [0.5, 0.6) is 0 Å². The molecular formula is C11H21NO2S. The molecule has 0 radical (unpaired) electrons. The van der Waals surface area contributed by atoms with Crippen LogP contribution in [0.4, 0.5) is 0 Å². The first-order chi connectivity index (χ1) is 7.19. The standard InChI is InChI=1S/C11H21NO2S/c1-3-12(4-2)7-8-15-10-6-5-9(10)11(13)14/h9-10H,3-8H2,1-2H3,(H,13,14). The van der Waals surface area contributed by atoms with Gasteiger partial charge in [0, 0.05) is 17.5 Å². The van der Waals surface area contributed by atoms with Crippen molar-refractivity contribution in [3.05, 3.63) is 0 Å². The summed E-state index contributed by atoms with van der Waals surface area (Å²) in [5.41, 5.74) is 0. The third-order valence-corrected chi connectivity index (χ3v) is 4.57. The van der Waals surface area contributed by atoms with Crippen molar-refractivity contribution in [3.8, 4) is 0 Å². The summed E-state index contributed by atoms with van der Waals surface area (Å²) in [6.07, 6.45) is 1.96. The molecule has 0 amide bonds. The lowest BCUT2D eigenvalue weighted by Crippen LogP contribution is -2.36. The summed E-state index contributed by atoms with van der Waals surface area (Å²) in [6.45, 7) is 7.59. The van der Waals surface area contributed by atoms with Crippen molar-refractivity contribution >= 4 is 17.7 Å². The number of hydrogen-bond acceptors (Lipinski definition) is 3. The van der Waals surface area contributed by atoms with Crippen molar-refractivity contribution in [1.29, 1.82) is 0 Å². The molecule has 1 aliphatic carbocycles. The molecule has 0 heterocycles. The highest BCUT2D eigenvalue weighted by atomic mass is 32.2. The van der Waals surface area contributed by atoms with Gasteiger partial charge in [-0.3, -0.25) is 4.79 Å². The Morgan fingerprint density at radius 1 is 1.40 bits per heavy atom. The number of carboxylic acids is 1. The van der Waals surface area contributed by atoms with Gasteiger partial charge in [0.1, 0.15) is 0 Å². The Labute approximate surface area is 96.2 Å². The van der Waals surface area contributed by atoms with E-state index in [0.717, 1.165) is 38.2 Å². The maximum Gasteiger partial charge on any atom is 0.307 e. The second kappa shape index (κ2) is 6.38. The van der Waals surface area contributed by atoms with E-state index in [1.807, 2.05) is 11.8 Å². The van der Waals surface area contributed by atoms with E-state index in [9.17, 15) is 4.79 Å². The van der Waals surface area contributed by atoms with Gasteiger partial charge in [-0.25, -0.2) is 0 Å². The van der Waals surface area contributed by atoms with E-state index < -0.39 is 5.97 Å². The molecule has 0 saturated heterocycles. The summed E-state index contributed by atoms with van der Waals surface area (Å²) in [4.78, 5) is 13.2. The molecule has 2 unspecified atom stereocenters. The summed E-state index contributed by atoms with van der Waals surface area (Å²) in [6, 6.07) is 0. The van der Waals surface area contributed by atoms with Crippen LogP contribution >= 0.6 is 11.8 Å². The van der Waals surface area contributed by atoms with Crippen LogP contribution in [0.15, 0.2) is 0 Å². The van der Waals surface area contributed by atoms with Crippen LogP contribution in [0.1, 0.15) is 26.7 Å². The van der Waals surface area contributed by atoms with Gasteiger partial charge >= 0.3 is 5.97 Å². The fourth-order valence-corrected chi connectivity index (χ4v) is 3.28. The van der Waals surface area contributed by atoms with Gasteiger partial charge in [0.05, 0.1) is 5.92 Å². The molecule has 1 saturated carbocycles. The zero-order chi connectivity index (χ0) is 11.3. The Morgan fingerprint density at radius 2 is 2.07 bits per heavy atom. The van der Waals surface area contributed by atoms with Gasteiger partial charge in [0.25, 0.3) is 0 Å². The van der Waals surface area contributed by atoms with Gasteiger partial charge in [-0.2, -0.15) is 11.8 Å². The molecule has 1 rings (SSSR count). The molecule has 1 N–H and O–H groups in total. The number of hydrogen-bond donors (Lipinski definition) is 1. The highest BCUT2D eigenvalue weighted by Crippen LogP contribution is 2.37. The first kappa shape index (κ1) is 12.8. The number of carboxylic acid groups (broad SMARTS) is 1. The average molecular weight is 231 g/mol. The fraction of sp³-hybridized carbons (Fsp3) is 0.909. The lowest BCUT2D eigenvalue weighted by atomic mass is 9.85. The Balaban J connectivity index is 2.12. The van der Waals surface area contributed by atoms with Gasteiger partial charge in [-0.05, 0) is 25.9 Å². The number of nitrogens with zero attached hydrogens (tertiary/aromatic N) is 1. The van der Waals surface area contributed by atoms with Crippen molar-refractivity contribution in [2.24, 2.45) is 5.92 Å². The molecule has 3 nitrogen and oxygen atoms in total. The number of rotatable bonds is 7. The van der Waals surface area contributed by atoms with Crippen LogP contribution in [-0.2, 0) is 4.79 Å². The van der Waals surface area contributed by atoms with E-state index in [2.05, 4.69) is 18.7 Å². The van der Waals surface area contributed by atoms with E-state index in [0.29, 0.717) is 5.25 Å². The fourth-order valence-electron chi connectivity index (χ4n) is 1.82. The minimum absolute atomic E-state index is 0.0771. The number of thioether (sulfide) groups is 1. The third-order valence-electron chi connectivity index (χ3n) is 3.16. The maximum atomic E-state index is 10.8. The van der Waals surface area contributed by atoms with Gasteiger partial charge < -0.3 is 10.0 Å². The lowest BCUT2D eigenvalue weighted by molar-refractivity contribution is -0.144. The Kier molecular flexibility index (Phi) is 5.47. The monoisotopic (exact) mass is 231 g/mol. The van der Waals surface area contributed by atoms with Gasteiger partial charge in [-0.1, -0.05) is 13.8 Å². The highest BCUT2D eigenvalue weighted by molar-refractivity contribution is 8.00. The van der Waals surface area contributed by atoms with Gasteiger partial charge in [-0.15, -0.1) is 0 Å². The summed E-state index contributed by atoms with van der Waals surface area (Å²) in [5.74, 6) is 0.379. The van der Waals surface area contributed by atoms with Crippen LogP contribution in [0.25, 0.3) is 0 Å². The minimum atomic E-state index is -0.610. The predicted octanol–water partition coefficient (Wildman–Crippen LogP) is 1.92. The van der Waals surface area contributed by atoms with E-state index >= 15 is 0 Å². The lowest BCUT2D eigenvalue weighted by Gasteiger charge is -2.33. The van der Waals surface area contributed by atoms with Crippen molar-refractivity contribution in [2.45, 2.75) is 31.9 Å². The van der Waals surface area contributed by atoms with Crippen LogP contribution in [0.3, 0.4) is 0 Å². The van der Waals surface area contributed by atoms with Crippen LogP contribution in [0.2, 0.25) is 0 Å². The molecule has 88 valence electrons.